The lowest BCUT2D eigenvalue weighted by Gasteiger charge is -2.03. The van der Waals surface area contributed by atoms with Gasteiger partial charge in [0.2, 0.25) is 0 Å². The van der Waals surface area contributed by atoms with Crippen molar-refractivity contribution < 1.29 is 0 Å². The summed E-state index contributed by atoms with van der Waals surface area (Å²) in [6, 6.07) is 6.68. The lowest BCUT2D eigenvalue weighted by molar-refractivity contribution is 1.11. The fourth-order valence-electron chi connectivity index (χ4n) is 1.08. The lowest BCUT2D eigenvalue weighted by atomic mass is 10.1. The quantitative estimate of drug-likeness (QED) is 0.635. The van der Waals surface area contributed by atoms with Crippen molar-refractivity contribution in [2.75, 3.05) is 6.26 Å². The first kappa shape index (κ1) is 12.6. The highest BCUT2D eigenvalue weighted by atomic mass is 32.2. The van der Waals surface area contributed by atoms with E-state index in [1.165, 1.54) is 16.0 Å². The van der Waals surface area contributed by atoms with E-state index in [4.69, 9.17) is 0 Å². The molecule has 0 unspecified atom stereocenters. The molecule has 0 amide bonds. The molecule has 1 aromatic rings. The largest absolute Gasteiger partial charge is 0.129 e. The molecule has 0 saturated heterocycles. The third kappa shape index (κ3) is 3.86. The predicted octanol–water partition coefficient (Wildman–Crippen LogP) is 4.31. The molecular weight excluding hydrogens is 176 g/mol. The predicted molar refractivity (Wildman–Crippen MR) is 63.7 cm³/mol. The molecule has 0 fully saturated rings. The third-order valence-electron chi connectivity index (χ3n) is 1.88. The zero-order chi connectivity index (χ0) is 10.3. The average Bonchev–Trinajstić information content (AvgIpc) is 2.22. The van der Waals surface area contributed by atoms with Crippen LogP contribution >= 0.6 is 11.8 Å². The minimum atomic E-state index is 1.13. The number of benzene rings is 1. The van der Waals surface area contributed by atoms with E-state index in [9.17, 15) is 0 Å². The van der Waals surface area contributed by atoms with Crippen LogP contribution in [0.2, 0.25) is 0 Å². The molecule has 0 atom stereocenters. The lowest BCUT2D eigenvalue weighted by Crippen LogP contribution is -1.83. The first-order valence-electron chi connectivity index (χ1n) is 4.91. The van der Waals surface area contributed by atoms with E-state index in [2.05, 4.69) is 38.3 Å². The highest BCUT2D eigenvalue weighted by molar-refractivity contribution is 7.98. The third-order valence-corrected chi connectivity index (χ3v) is 2.76. The zero-order valence-corrected chi connectivity index (χ0v) is 10.2. The molecule has 13 heavy (non-hydrogen) atoms. The van der Waals surface area contributed by atoms with Crippen molar-refractivity contribution in [3.63, 3.8) is 0 Å². The Bertz CT molecular complexity index is 241. The van der Waals surface area contributed by atoms with Crippen LogP contribution in [0.25, 0.3) is 0 Å². The summed E-state index contributed by atoms with van der Waals surface area (Å²) in [6.07, 6.45) is 3.26. The molecule has 1 heteroatoms. The van der Waals surface area contributed by atoms with Crippen molar-refractivity contribution in [1.82, 2.24) is 0 Å². The van der Waals surface area contributed by atoms with Gasteiger partial charge < -0.3 is 0 Å². The standard InChI is InChI=1S/C10H14S.C2H6/c1-4-9-6-5-8(2)10(7-9)11-3;1-2/h5-7H,4H2,1-3H3;1-2H3. The Morgan fingerprint density at radius 3 is 2.31 bits per heavy atom. The smallest absolute Gasteiger partial charge is 0.0101 e. The molecule has 1 aromatic carbocycles. The van der Waals surface area contributed by atoms with Gasteiger partial charge in [0, 0.05) is 4.90 Å². The Hall–Kier alpha value is -0.430. The van der Waals surface area contributed by atoms with E-state index in [-0.39, 0.29) is 0 Å². The monoisotopic (exact) mass is 196 g/mol. The summed E-state index contributed by atoms with van der Waals surface area (Å²) in [5.41, 5.74) is 2.81. The van der Waals surface area contributed by atoms with Gasteiger partial charge in [0.15, 0.2) is 0 Å². The van der Waals surface area contributed by atoms with E-state index in [0.29, 0.717) is 0 Å². The second-order valence-corrected chi connectivity index (χ2v) is 3.51. The molecule has 0 heterocycles. The van der Waals surface area contributed by atoms with Gasteiger partial charge in [0.25, 0.3) is 0 Å². The maximum absolute atomic E-state index is 2.28. The Kier molecular flexibility index (Phi) is 6.79. The van der Waals surface area contributed by atoms with Gasteiger partial charge >= 0.3 is 0 Å². The molecular formula is C12H20S. The number of rotatable bonds is 2. The Balaban J connectivity index is 0.000000671. The van der Waals surface area contributed by atoms with E-state index < -0.39 is 0 Å². The minimum absolute atomic E-state index is 1.13. The summed E-state index contributed by atoms with van der Waals surface area (Å²) < 4.78 is 0. The highest BCUT2D eigenvalue weighted by Crippen LogP contribution is 2.20. The number of aryl methyl sites for hydroxylation is 2. The normalized spacial score (nSPS) is 9.00. The molecule has 0 saturated carbocycles. The second-order valence-electron chi connectivity index (χ2n) is 2.66. The molecule has 0 aromatic heterocycles. The van der Waals surface area contributed by atoms with Gasteiger partial charge in [-0.3, -0.25) is 0 Å². The minimum Gasteiger partial charge on any atom is -0.129 e. The van der Waals surface area contributed by atoms with Crippen molar-refractivity contribution in [1.29, 1.82) is 0 Å². The number of thioether (sulfide) groups is 1. The first-order chi connectivity index (χ1) is 6.27. The molecule has 1 rings (SSSR count). The van der Waals surface area contributed by atoms with Crippen molar-refractivity contribution in [2.24, 2.45) is 0 Å². The summed E-state index contributed by atoms with van der Waals surface area (Å²) in [4.78, 5) is 1.41. The van der Waals surface area contributed by atoms with Crippen molar-refractivity contribution >= 4 is 11.8 Å². The maximum Gasteiger partial charge on any atom is 0.0101 e. The van der Waals surface area contributed by atoms with E-state index in [1.807, 2.05) is 25.6 Å². The molecule has 0 aliphatic carbocycles. The van der Waals surface area contributed by atoms with Crippen LogP contribution in [-0.4, -0.2) is 6.26 Å². The Labute approximate surface area is 86.7 Å². The van der Waals surface area contributed by atoms with Crippen LogP contribution in [-0.2, 0) is 6.42 Å². The average molecular weight is 196 g/mol. The topological polar surface area (TPSA) is 0 Å². The Morgan fingerprint density at radius 1 is 1.23 bits per heavy atom. The summed E-state index contributed by atoms with van der Waals surface area (Å²) in [7, 11) is 0. The summed E-state index contributed by atoms with van der Waals surface area (Å²) in [5, 5.41) is 0. The van der Waals surface area contributed by atoms with E-state index in [1.54, 1.807) is 0 Å². The molecule has 0 radical (unpaired) electrons. The van der Waals surface area contributed by atoms with Gasteiger partial charge in [-0.25, -0.2) is 0 Å². The van der Waals surface area contributed by atoms with Crippen LogP contribution in [0, 0.1) is 6.92 Å². The van der Waals surface area contributed by atoms with Crippen molar-refractivity contribution in [2.45, 2.75) is 39.0 Å². The van der Waals surface area contributed by atoms with Crippen molar-refractivity contribution in [3.05, 3.63) is 29.3 Å². The molecule has 0 N–H and O–H groups in total. The van der Waals surface area contributed by atoms with E-state index >= 15 is 0 Å². The van der Waals surface area contributed by atoms with Gasteiger partial charge in [0.1, 0.15) is 0 Å². The maximum atomic E-state index is 2.28. The Morgan fingerprint density at radius 2 is 1.85 bits per heavy atom. The first-order valence-corrected chi connectivity index (χ1v) is 6.14. The molecule has 74 valence electrons. The van der Waals surface area contributed by atoms with Gasteiger partial charge in [0.05, 0.1) is 0 Å². The molecule has 0 spiro atoms. The molecule has 0 bridgehead atoms. The number of hydrogen-bond acceptors (Lipinski definition) is 1. The summed E-state index contributed by atoms with van der Waals surface area (Å²) >= 11 is 1.82. The molecule has 0 aliphatic rings. The fraction of sp³-hybridized carbons (Fsp3) is 0.500. The number of hydrogen-bond donors (Lipinski definition) is 0. The van der Waals surface area contributed by atoms with Crippen LogP contribution in [0.15, 0.2) is 23.1 Å². The highest BCUT2D eigenvalue weighted by Gasteiger charge is 1.96. The second kappa shape index (κ2) is 7.02. The molecule has 0 nitrogen and oxygen atoms in total. The van der Waals surface area contributed by atoms with Gasteiger partial charge in [-0.15, -0.1) is 11.8 Å². The van der Waals surface area contributed by atoms with Gasteiger partial charge in [-0.05, 0) is 36.8 Å². The SMILES string of the molecule is CC.CCc1ccc(C)c(SC)c1. The van der Waals surface area contributed by atoms with Crippen LogP contribution in [0.1, 0.15) is 31.9 Å². The van der Waals surface area contributed by atoms with Crippen LogP contribution in [0.5, 0.6) is 0 Å². The molecule has 0 aliphatic heterocycles. The van der Waals surface area contributed by atoms with Gasteiger partial charge in [-0.1, -0.05) is 32.9 Å². The van der Waals surface area contributed by atoms with Crippen LogP contribution in [0.3, 0.4) is 0 Å². The van der Waals surface area contributed by atoms with Crippen LogP contribution in [0.4, 0.5) is 0 Å². The zero-order valence-electron chi connectivity index (χ0n) is 9.35. The van der Waals surface area contributed by atoms with Gasteiger partial charge in [-0.2, -0.15) is 0 Å². The van der Waals surface area contributed by atoms with Crippen LogP contribution < -0.4 is 0 Å². The fourth-order valence-corrected chi connectivity index (χ4v) is 1.74. The van der Waals surface area contributed by atoms with E-state index in [0.717, 1.165) is 6.42 Å². The van der Waals surface area contributed by atoms with Crippen molar-refractivity contribution in [3.8, 4) is 0 Å². The summed E-state index contributed by atoms with van der Waals surface area (Å²) in [5.74, 6) is 0. The summed E-state index contributed by atoms with van der Waals surface area (Å²) in [6.45, 7) is 8.35.